The van der Waals surface area contributed by atoms with Gasteiger partial charge in [-0.1, -0.05) is 127 Å². The zero-order valence-electron chi connectivity index (χ0n) is 25.3. The van der Waals surface area contributed by atoms with Crippen LogP contribution in [-0.4, -0.2) is 15.0 Å². The number of fused-ring (bicyclic) bond motifs is 5. The van der Waals surface area contributed by atoms with E-state index in [1.54, 1.807) is 0 Å². The number of pyridine rings is 1. The minimum absolute atomic E-state index is 0.660. The lowest BCUT2D eigenvalue weighted by Gasteiger charge is -2.13. The maximum Gasteiger partial charge on any atom is 0.160 e. The highest BCUT2D eigenvalue weighted by Crippen LogP contribution is 2.40. The molecule has 0 saturated carbocycles. The van der Waals surface area contributed by atoms with Crippen LogP contribution in [0.5, 0.6) is 0 Å². The number of hydrogen-bond donors (Lipinski definition) is 0. The van der Waals surface area contributed by atoms with E-state index in [2.05, 4.69) is 91.0 Å². The maximum absolute atomic E-state index is 6.25. The van der Waals surface area contributed by atoms with Crippen LogP contribution in [0.15, 0.2) is 168 Å². The Hall–Kier alpha value is -6.39. The Bertz CT molecular complexity index is 2500. The fourth-order valence-electron chi connectivity index (χ4n) is 6.42. The van der Waals surface area contributed by atoms with Gasteiger partial charge in [-0.05, 0) is 47.5 Å². The first-order chi connectivity index (χ1) is 23.3. The van der Waals surface area contributed by atoms with Gasteiger partial charge < -0.3 is 4.42 Å². The Morgan fingerprint density at radius 1 is 0.362 bits per heavy atom. The Kier molecular flexibility index (Phi) is 6.43. The molecule has 0 spiro atoms. The van der Waals surface area contributed by atoms with Crippen molar-refractivity contribution < 1.29 is 4.42 Å². The highest BCUT2D eigenvalue weighted by atomic mass is 16.3. The SMILES string of the molecule is c1ccc(-c2cc(-c3ccccc3)nc(-c3cccc(-c4nc(-c5ccccc5)c5c(ccc6oc7ccccc7c65)n4)c3)c2)cc1. The molecule has 9 rings (SSSR count). The summed E-state index contributed by atoms with van der Waals surface area (Å²) in [5, 5.41) is 3.08. The summed E-state index contributed by atoms with van der Waals surface area (Å²) in [6.45, 7) is 0. The predicted molar refractivity (Wildman–Crippen MR) is 192 cm³/mol. The van der Waals surface area contributed by atoms with Crippen molar-refractivity contribution >= 4 is 32.8 Å². The van der Waals surface area contributed by atoms with Crippen molar-refractivity contribution in [2.24, 2.45) is 0 Å². The molecular formula is C43H27N3O. The molecule has 0 unspecified atom stereocenters. The van der Waals surface area contributed by atoms with Gasteiger partial charge in [0.05, 0.1) is 22.6 Å². The minimum atomic E-state index is 0.660. The summed E-state index contributed by atoms with van der Waals surface area (Å²) in [5.74, 6) is 0.660. The molecule has 0 aliphatic heterocycles. The molecule has 0 amide bonds. The van der Waals surface area contributed by atoms with Crippen LogP contribution in [0.4, 0.5) is 0 Å². The van der Waals surface area contributed by atoms with Crippen LogP contribution < -0.4 is 0 Å². The monoisotopic (exact) mass is 601 g/mol. The van der Waals surface area contributed by atoms with Gasteiger partial charge in [-0.15, -0.1) is 0 Å². The molecule has 3 aromatic heterocycles. The van der Waals surface area contributed by atoms with E-state index in [0.29, 0.717) is 5.82 Å². The van der Waals surface area contributed by atoms with Crippen molar-refractivity contribution in [1.82, 2.24) is 15.0 Å². The van der Waals surface area contributed by atoms with Crippen LogP contribution in [-0.2, 0) is 0 Å². The summed E-state index contributed by atoms with van der Waals surface area (Å²) in [6.07, 6.45) is 0. The average Bonchev–Trinajstić information content (AvgIpc) is 3.54. The normalized spacial score (nSPS) is 11.4. The molecular weight excluding hydrogens is 574 g/mol. The fraction of sp³-hybridized carbons (Fsp3) is 0. The second kappa shape index (κ2) is 11.2. The average molecular weight is 602 g/mol. The molecule has 0 N–H and O–H groups in total. The third kappa shape index (κ3) is 4.84. The first kappa shape index (κ1) is 27.0. The molecule has 220 valence electrons. The summed E-state index contributed by atoms with van der Waals surface area (Å²) in [4.78, 5) is 15.6. The first-order valence-corrected chi connectivity index (χ1v) is 15.7. The van der Waals surface area contributed by atoms with Crippen LogP contribution >= 0.6 is 0 Å². The van der Waals surface area contributed by atoms with Gasteiger partial charge in [0.25, 0.3) is 0 Å². The predicted octanol–water partition coefficient (Wildman–Crippen LogP) is 11.3. The highest BCUT2D eigenvalue weighted by Gasteiger charge is 2.19. The van der Waals surface area contributed by atoms with E-state index in [-0.39, 0.29) is 0 Å². The van der Waals surface area contributed by atoms with Gasteiger partial charge in [0.15, 0.2) is 5.82 Å². The van der Waals surface area contributed by atoms with E-state index < -0.39 is 0 Å². The number of nitrogens with zero attached hydrogens (tertiary/aromatic N) is 3. The minimum Gasteiger partial charge on any atom is -0.456 e. The third-order valence-corrected chi connectivity index (χ3v) is 8.67. The van der Waals surface area contributed by atoms with Gasteiger partial charge in [-0.3, -0.25) is 0 Å². The second-order valence-electron chi connectivity index (χ2n) is 11.6. The Labute approximate surface area is 271 Å². The Morgan fingerprint density at radius 2 is 0.979 bits per heavy atom. The summed E-state index contributed by atoms with van der Waals surface area (Å²) >= 11 is 0. The summed E-state index contributed by atoms with van der Waals surface area (Å²) in [7, 11) is 0. The van der Waals surface area contributed by atoms with Crippen LogP contribution in [0.3, 0.4) is 0 Å². The van der Waals surface area contributed by atoms with E-state index >= 15 is 0 Å². The largest absolute Gasteiger partial charge is 0.456 e. The van der Waals surface area contributed by atoms with Gasteiger partial charge in [-0.2, -0.15) is 0 Å². The number of aromatic nitrogens is 3. The van der Waals surface area contributed by atoms with Crippen LogP contribution in [0, 0.1) is 0 Å². The summed E-state index contributed by atoms with van der Waals surface area (Å²) < 4.78 is 6.25. The molecule has 6 aromatic carbocycles. The zero-order chi connectivity index (χ0) is 31.2. The van der Waals surface area contributed by atoms with E-state index in [1.807, 2.05) is 72.8 Å². The lowest BCUT2D eigenvalue weighted by molar-refractivity contribution is 0.669. The third-order valence-electron chi connectivity index (χ3n) is 8.67. The van der Waals surface area contributed by atoms with Crippen LogP contribution in [0.1, 0.15) is 0 Å². The highest BCUT2D eigenvalue weighted by molar-refractivity contribution is 6.21. The molecule has 0 saturated heterocycles. The van der Waals surface area contributed by atoms with Gasteiger partial charge in [0.2, 0.25) is 0 Å². The molecule has 0 aliphatic rings. The molecule has 9 aromatic rings. The molecule has 4 nitrogen and oxygen atoms in total. The van der Waals surface area contributed by atoms with Crippen molar-refractivity contribution in [1.29, 1.82) is 0 Å². The van der Waals surface area contributed by atoms with Crippen molar-refractivity contribution in [2.75, 3.05) is 0 Å². The number of para-hydroxylation sites is 1. The Balaban J connectivity index is 1.24. The van der Waals surface area contributed by atoms with E-state index in [0.717, 1.165) is 83.3 Å². The van der Waals surface area contributed by atoms with Crippen LogP contribution in [0.2, 0.25) is 0 Å². The van der Waals surface area contributed by atoms with Gasteiger partial charge in [0, 0.05) is 38.4 Å². The quantitative estimate of drug-likeness (QED) is 0.197. The fourth-order valence-corrected chi connectivity index (χ4v) is 6.42. The summed E-state index contributed by atoms with van der Waals surface area (Å²) in [6, 6.07) is 56.1. The van der Waals surface area contributed by atoms with Crippen molar-refractivity contribution in [3.05, 3.63) is 164 Å². The molecule has 3 heterocycles. The molecule has 0 atom stereocenters. The van der Waals surface area contributed by atoms with E-state index in [4.69, 9.17) is 19.4 Å². The maximum atomic E-state index is 6.25. The molecule has 0 fully saturated rings. The first-order valence-electron chi connectivity index (χ1n) is 15.7. The molecule has 4 heteroatoms. The lowest BCUT2D eigenvalue weighted by atomic mass is 9.98. The Morgan fingerprint density at radius 3 is 1.74 bits per heavy atom. The van der Waals surface area contributed by atoms with Crippen molar-refractivity contribution in [2.45, 2.75) is 0 Å². The lowest BCUT2D eigenvalue weighted by Crippen LogP contribution is -1.96. The number of hydrogen-bond acceptors (Lipinski definition) is 4. The zero-order valence-corrected chi connectivity index (χ0v) is 25.3. The van der Waals surface area contributed by atoms with Gasteiger partial charge in [-0.25, -0.2) is 15.0 Å². The standard InChI is InChI=1S/C43H27N3O/c1-4-13-28(14-5-1)33-26-36(29-15-6-2-7-16-29)44-37(27-33)31-19-12-20-32(25-31)43-45-35-23-24-39-40(34-21-10-11-22-38(34)47-39)41(35)42(46-43)30-17-8-3-9-18-30/h1-27H. The number of rotatable bonds is 5. The van der Waals surface area contributed by atoms with Gasteiger partial charge in [0.1, 0.15) is 11.2 Å². The topological polar surface area (TPSA) is 51.8 Å². The van der Waals surface area contributed by atoms with E-state index in [9.17, 15) is 0 Å². The van der Waals surface area contributed by atoms with Gasteiger partial charge >= 0.3 is 0 Å². The molecule has 47 heavy (non-hydrogen) atoms. The van der Waals surface area contributed by atoms with Crippen molar-refractivity contribution in [3.8, 4) is 56.3 Å². The molecule has 0 radical (unpaired) electrons. The number of furan rings is 1. The van der Waals surface area contributed by atoms with E-state index in [1.165, 1.54) is 0 Å². The molecule has 0 aliphatic carbocycles. The summed E-state index contributed by atoms with van der Waals surface area (Å²) in [5.41, 5.74) is 11.5. The number of benzene rings is 6. The smallest absolute Gasteiger partial charge is 0.160 e. The molecule has 0 bridgehead atoms. The second-order valence-corrected chi connectivity index (χ2v) is 11.6. The van der Waals surface area contributed by atoms with Crippen molar-refractivity contribution in [3.63, 3.8) is 0 Å². The van der Waals surface area contributed by atoms with Crippen LogP contribution in [0.25, 0.3) is 89.1 Å².